The molecular formula is C19H20N2O3. The van der Waals surface area contributed by atoms with E-state index in [0.717, 1.165) is 0 Å². The second kappa shape index (κ2) is 5.48. The third kappa shape index (κ3) is 2.39. The van der Waals surface area contributed by atoms with Gasteiger partial charge >= 0.3 is 6.09 Å². The van der Waals surface area contributed by atoms with Crippen LogP contribution in [0.15, 0.2) is 42.5 Å². The Bertz CT molecular complexity index is 742. The Morgan fingerprint density at radius 2 is 2.00 bits per heavy atom. The number of nitriles is 1. The van der Waals surface area contributed by atoms with Gasteiger partial charge in [0.2, 0.25) is 0 Å². The Kier molecular flexibility index (Phi) is 3.71. The highest BCUT2D eigenvalue weighted by Crippen LogP contribution is 2.49. The summed E-state index contributed by atoms with van der Waals surface area (Å²) in [5.41, 5.74) is -1.13. The third-order valence-corrected chi connectivity index (χ3v) is 4.50. The molecule has 3 atom stereocenters. The first kappa shape index (κ1) is 16.3. The first-order valence-electron chi connectivity index (χ1n) is 8.00. The zero-order chi connectivity index (χ0) is 17.5. The standard InChI is InChI=1S/C19H20N2O3/c1-18(2,3)24-17(23)21-15-9-10-16(22)19(21,11-13(15)12-20)14-7-5-4-6-8-14/h4-10,13,15H,11H2,1-3H3/t13-,15-,19-/m1/s1. The van der Waals surface area contributed by atoms with Gasteiger partial charge in [0.1, 0.15) is 11.1 Å². The molecule has 0 aliphatic carbocycles. The second-order valence-corrected chi connectivity index (χ2v) is 7.23. The fourth-order valence-corrected chi connectivity index (χ4v) is 3.56. The fourth-order valence-electron chi connectivity index (χ4n) is 3.56. The molecule has 0 unspecified atom stereocenters. The molecule has 0 N–H and O–H groups in total. The van der Waals surface area contributed by atoms with Crippen molar-refractivity contribution in [3.63, 3.8) is 0 Å². The minimum Gasteiger partial charge on any atom is -0.444 e. The van der Waals surface area contributed by atoms with Crippen LogP contribution in [0.3, 0.4) is 0 Å². The number of carbonyl (C=O) groups is 2. The molecule has 0 aromatic heterocycles. The van der Waals surface area contributed by atoms with E-state index in [2.05, 4.69) is 6.07 Å². The summed E-state index contributed by atoms with van der Waals surface area (Å²) in [6.07, 6.45) is 2.86. The van der Waals surface area contributed by atoms with Gasteiger partial charge in [0.25, 0.3) is 0 Å². The maximum Gasteiger partial charge on any atom is 0.411 e. The predicted molar refractivity (Wildman–Crippen MR) is 87.8 cm³/mol. The normalized spacial score (nSPS) is 28.6. The van der Waals surface area contributed by atoms with Crippen LogP contribution in [0.5, 0.6) is 0 Å². The van der Waals surface area contributed by atoms with Gasteiger partial charge in [0.15, 0.2) is 5.78 Å². The molecule has 2 heterocycles. The number of nitrogens with zero attached hydrogens (tertiary/aromatic N) is 2. The Balaban J connectivity index is 2.14. The predicted octanol–water partition coefficient (Wildman–Crippen LogP) is 3.17. The molecule has 0 spiro atoms. The quantitative estimate of drug-likeness (QED) is 0.795. The summed E-state index contributed by atoms with van der Waals surface area (Å²) in [5, 5.41) is 9.52. The average Bonchev–Trinajstić information content (AvgIpc) is 2.80. The molecule has 0 radical (unpaired) electrons. The van der Waals surface area contributed by atoms with Crippen LogP contribution in [-0.2, 0) is 15.1 Å². The van der Waals surface area contributed by atoms with Crippen LogP contribution in [-0.4, -0.2) is 28.4 Å². The minimum absolute atomic E-state index is 0.187. The molecule has 2 aliphatic rings. The molecule has 124 valence electrons. The molecule has 5 nitrogen and oxygen atoms in total. The summed E-state index contributed by atoms with van der Waals surface area (Å²) >= 11 is 0. The van der Waals surface area contributed by atoms with E-state index in [1.54, 1.807) is 26.8 Å². The Hall–Kier alpha value is -2.61. The summed E-state index contributed by atoms with van der Waals surface area (Å²) in [7, 11) is 0. The molecule has 3 rings (SSSR count). The lowest BCUT2D eigenvalue weighted by Gasteiger charge is -2.41. The van der Waals surface area contributed by atoms with Crippen molar-refractivity contribution in [2.45, 2.75) is 44.4 Å². The van der Waals surface area contributed by atoms with Gasteiger partial charge in [-0.1, -0.05) is 36.4 Å². The first-order chi connectivity index (χ1) is 11.3. The van der Waals surface area contributed by atoms with E-state index in [9.17, 15) is 14.9 Å². The topological polar surface area (TPSA) is 70.4 Å². The van der Waals surface area contributed by atoms with Crippen LogP contribution in [0.1, 0.15) is 32.8 Å². The number of hydrogen-bond acceptors (Lipinski definition) is 4. The molecule has 1 fully saturated rings. The molecule has 1 amide bonds. The molecule has 24 heavy (non-hydrogen) atoms. The van der Waals surface area contributed by atoms with Crippen molar-refractivity contribution in [1.29, 1.82) is 5.26 Å². The lowest BCUT2D eigenvalue weighted by atomic mass is 9.81. The molecule has 1 aromatic carbocycles. The van der Waals surface area contributed by atoms with Gasteiger partial charge in [-0.3, -0.25) is 9.69 Å². The molecular weight excluding hydrogens is 304 g/mol. The second-order valence-electron chi connectivity index (χ2n) is 7.23. The lowest BCUT2D eigenvalue weighted by Crippen LogP contribution is -2.55. The number of ether oxygens (including phenoxy) is 1. The van der Waals surface area contributed by atoms with Gasteiger partial charge in [0, 0.05) is 6.42 Å². The Morgan fingerprint density at radius 1 is 1.33 bits per heavy atom. The molecule has 1 saturated heterocycles. The molecule has 0 saturated carbocycles. The average molecular weight is 324 g/mol. The monoisotopic (exact) mass is 324 g/mol. The summed E-state index contributed by atoms with van der Waals surface area (Å²) in [5.74, 6) is -0.631. The molecule has 5 heteroatoms. The zero-order valence-corrected chi connectivity index (χ0v) is 14.0. The van der Waals surface area contributed by atoms with Crippen LogP contribution >= 0.6 is 0 Å². The van der Waals surface area contributed by atoms with Crippen LogP contribution in [0.2, 0.25) is 0 Å². The van der Waals surface area contributed by atoms with Crippen molar-refractivity contribution in [3.05, 3.63) is 48.0 Å². The van der Waals surface area contributed by atoms with Gasteiger partial charge in [0.05, 0.1) is 18.0 Å². The number of fused-ring (bicyclic) bond motifs is 2. The number of ketones is 1. The van der Waals surface area contributed by atoms with E-state index in [1.807, 2.05) is 30.3 Å². The third-order valence-electron chi connectivity index (χ3n) is 4.50. The van der Waals surface area contributed by atoms with E-state index >= 15 is 0 Å². The largest absolute Gasteiger partial charge is 0.444 e. The van der Waals surface area contributed by atoms with Crippen LogP contribution in [0.25, 0.3) is 0 Å². The van der Waals surface area contributed by atoms with Crippen molar-refractivity contribution in [1.82, 2.24) is 4.90 Å². The van der Waals surface area contributed by atoms with E-state index in [-0.39, 0.29) is 12.2 Å². The van der Waals surface area contributed by atoms with Gasteiger partial charge < -0.3 is 4.74 Å². The number of benzene rings is 1. The maximum absolute atomic E-state index is 12.9. The summed E-state index contributed by atoms with van der Waals surface area (Å²) in [4.78, 5) is 27.2. The summed E-state index contributed by atoms with van der Waals surface area (Å²) in [6, 6.07) is 11.0. The van der Waals surface area contributed by atoms with Gasteiger partial charge in [-0.2, -0.15) is 5.26 Å². The van der Waals surface area contributed by atoms with Crippen molar-refractivity contribution in [2.75, 3.05) is 0 Å². The maximum atomic E-state index is 12.9. The molecule has 2 bridgehead atoms. The highest BCUT2D eigenvalue weighted by molar-refractivity contribution is 6.03. The summed E-state index contributed by atoms with van der Waals surface area (Å²) < 4.78 is 5.54. The highest BCUT2D eigenvalue weighted by Gasteiger charge is 2.60. The Morgan fingerprint density at radius 3 is 2.58 bits per heavy atom. The van der Waals surface area contributed by atoms with Crippen LogP contribution in [0.4, 0.5) is 4.79 Å². The highest BCUT2D eigenvalue weighted by atomic mass is 16.6. The number of carbonyl (C=O) groups excluding carboxylic acids is 2. The summed E-state index contributed by atoms with van der Waals surface area (Å²) in [6.45, 7) is 5.35. The van der Waals surface area contributed by atoms with Gasteiger partial charge in [-0.15, -0.1) is 0 Å². The van der Waals surface area contributed by atoms with Gasteiger partial charge in [-0.05, 0) is 32.4 Å². The fraction of sp³-hybridized carbons (Fsp3) is 0.421. The van der Waals surface area contributed by atoms with Crippen molar-refractivity contribution in [2.24, 2.45) is 5.92 Å². The van der Waals surface area contributed by atoms with Crippen LogP contribution < -0.4 is 0 Å². The Labute approximate surface area is 141 Å². The van der Waals surface area contributed by atoms with Gasteiger partial charge in [-0.25, -0.2) is 4.79 Å². The minimum atomic E-state index is -1.16. The van der Waals surface area contributed by atoms with Crippen molar-refractivity contribution >= 4 is 11.9 Å². The van der Waals surface area contributed by atoms with E-state index < -0.39 is 29.2 Å². The SMILES string of the molecule is CC(C)(C)OC(=O)N1[C@@H]2C=CC(=O)[C@]1(c1ccccc1)C[C@@H]2C#N. The molecule has 1 aromatic rings. The lowest BCUT2D eigenvalue weighted by molar-refractivity contribution is -0.126. The van der Waals surface area contributed by atoms with E-state index in [4.69, 9.17) is 4.74 Å². The first-order valence-corrected chi connectivity index (χ1v) is 8.00. The number of rotatable bonds is 1. The number of hydrogen-bond donors (Lipinski definition) is 0. The van der Waals surface area contributed by atoms with Crippen LogP contribution in [0, 0.1) is 17.2 Å². The smallest absolute Gasteiger partial charge is 0.411 e. The van der Waals surface area contributed by atoms with E-state index in [1.165, 1.54) is 11.0 Å². The zero-order valence-electron chi connectivity index (χ0n) is 14.0. The number of amides is 1. The van der Waals surface area contributed by atoms with Crippen molar-refractivity contribution < 1.29 is 14.3 Å². The molecule has 2 aliphatic heterocycles. The van der Waals surface area contributed by atoms with Crippen molar-refractivity contribution in [3.8, 4) is 6.07 Å². The van der Waals surface area contributed by atoms with E-state index in [0.29, 0.717) is 5.56 Å².